The number of amides is 1. The van der Waals surface area contributed by atoms with Crippen LogP contribution in [0, 0.1) is 11.8 Å². The van der Waals surface area contributed by atoms with Gasteiger partial charge >= 0.3 is 5.97 Å². The number of hydrogen-bond donors (Lipinski definition) is 1. The topological polar surface area (TPSA) is 92.8 Å². The predicted molar refractivity (Wildman–Crippen MR) is 96.7 cm³/mol. The molecule has 8 heteroatoms. The van der Waals surface area contributed by atoms with E-state index in [1.54, 1.807) is 30.3 Å². The lowest BCUT2D eigenvalue weighted by Crippen LogP contribution is -2.49. The van der Waals surface area contributed by atoms with Crippen molar-refractivity contribution in [1.82, 2.24) is 9.62 Å². The number of benzene rings is 1. The van der Waals surface area contributed by atoms with Crippen molar-refractivity contribution in [3.63, 3.8) is 0 Å². The second-order valence-electron chi connectivity index (χ2n) is 6.74. The van der Waals surface area contributed by atoms with E-state index in [0.29, 0.717) is 12.8 Å². The summed E-state index contributed by atoms with van der Waals surface area (Å²) in [6.07, 6.45) is 0.841. The Bertz CT molecular complexity index is 725. The van der Waals surface area contributed by atoms with E-state index in [9.17, 15) is 18.0 Å². The van der Waals surface area contributed by atoms with Gasteiger partial charge in [-0.15, -0.1) is 0 Å². The standard InChI is InChI=1S/C18H26N2O5S/c1-13(2)16(18(22)25-3)19-17(21)14-9-11-20(12-10-14)26(23,24)15-7-5-4-6-8-15/h4-8,13-14,16H,9-12H2,1-3H3,(H,19,21). The highest BCUT2D eigenvalue weighted by Gasteiger charge is 2.34. The van der Waals surface area contributed by atoms with E-state index in [1.165, 1.54) is 11.4 Å². The summed E-state index contributed by atoms with van der Waals surface area (Å²) in [4.78, 5) is 24.5. The highest BCUT2D eigenvalue weighted by atomic mass is 32.2. The monoisotopic (exact) mass is 382 g/mol. The number of ether oxygens (including phenoxy) is 1. The molecule has 1 aliphatic rings. The van der Waals surface area contributed by atoms with Gasteiger partial charge < -0.3 is 10.1 Å². The number of nitrogens with zero attached hydrogens (tertiary/aromatic N) is 1. The molecule has 0 aliphatic carbocycles. The number of carbonyl (C=O) groups excluding carboxylic acids is 2. The molecule has 0 spiro atoms. The molecule has 7 nitrogen and oxygen atoms in total. The molecule has 1 unspecified atom stereocenters. The molecule has 1 heterocycles. The maximum absolute atomic E-state index is 12.6. The second-order valence-corrected chi connectivity index (χ2v) is 8.68. The van der Waals surface area contributed by atoms with Gasteiger partial charge in [-0.1, -0.05) is 32.0 Å². The molecule has 1 saturated heterocycles. The normalized spacial score (nSPS) is 17.7. The number of piperidine rings is 1. The molecule has 26 heavy (non-hydrogen) atoms. The lowest BCUT2D eigenvalue weighted by Gasteiger charge is -2.31. The maximum Gasteiger partial charge on any atom is 0.328 e. The van der Waals surface area contributed by atoms with Crippen LogP contribution >= 0.6 is 0 Å². The van der Waals surface area contributed by atoms with E-state index in [0.717, 1.165) is 0 Å². The highest BCUT2D eigenvalue weighted by molar-refractivity contribution is 7.89. The zero-order valence-electron chi connectivity index (χ0n) is 15.3. The van der Waals surface area contributed by atoms with Crippen molar-refractivity contribution in [2.45, 2.75) is 37.6 Å². The quantitative estimate of drug-likeness (QED) is 0.751. The Morgan fingerprint density at radius 2 is 1.73 bits per heavy atom. The summed E-state index contributed by atoms with van der Waals surface area (Å²) >= 11 is 0. The number of methoxy groups -OCH3 is 1. The first-order valence-corrected chi connectivity index (χ1v) is 10.1. The van der Waals surface area contributed by atoms with E-state index < -0.39 is 22.0 Å². The molecule has 1 fully saturated rings. The molecule has 1 aliphatic heterocycles. The minimum Gasteiger partial charge on any atom is -0.467 e. The summed E-state index contributed by atoms with van der Waals surface area (Å²) in [5.41, 5.74) is 0. The first-order chi connectivity index (χ1) is 12.3. The maximum atomic E-state index is 12.6. The molecule has 144 valence electrons. The average Bonchev–Trinajstić information content (AvgIpc) is 2.65. The van der Waals surface area contributed by atoms with Gasteiger partial charge in [0.15, 0.2) is 0 Å². The zero-order chi connectivity index (χ0) is 19.3. The van der Waals surface area contributed by atoms with Gasteiger partial charge in [0.25, 0.3) is 0 Å². The minimum atomic E-state index is -3.54. The van der Waals surface area contributed by atoms with Gasteiger partial charge in [0.2, 0.25) is 15.9 Å². The van der Waals surface area contributed by atoms with Crippen LogP contribution in [0.25, 0.3) is 0 Å². The van der Waals surface area contributed by atoms with Crippen LogP contribution < -0.4 is 5.32 Å². The Hall–Kier alpha value is -1.93. The smallest absolute Gasteiger partial charge is 0.328 e. The molecule has 0 bridgehead atoms. The van der Waals surface area contributed by atoms with Crippen molar-refractivity contribution < 1.29 is 22.7 Å². The molecule has 0 aromatic heterocycles. The molecule has 1 N–H and O–H groups in total. The van der Waals surface area contributed by atoms with Gasteiger partial charge in [-0.25, -0.2) is 13.2 Å². The number of hydrogen-bond acceptors (Lipinski definition) is 5. The van der Waals surface area contributed by atoms with Crippen LogP contribution in [0.4, 0.5) is 0 Å². The largest absolute Gasteiger partial charge is 0.467 e. The van der Waals surface area contributed by atoms with Crippen LogP contribution in [-0.2, 0) is 24.3 Å². The number of nitrogens with one attached hydrogen (secondary N) is 1. The fraction of sp³-hybridized carbons (Fsp3) is 0.556. The average molecular weight is 382 g/mol. The zero-order valence-corrected chi connectivity index (χ0v) is 16.2. The van der Waals surface area contributed by atoms with Gasteiger partial charge in [-0.2, -0.15) is 4.31 Å². The van der Waals surface area contributed by atoms with Crippen LogP contribution in [0.2, 0.25) is 0 Å². The molecule has 1 amide bonds. The molecular formula is C18H26N2O5S. The molecule has 1 atom stereocenters. The molecule has 0 saturated carbocycles. The third kappa shape index (κ3) is 4.62. The highest BCUT2D eigenvalue weighted by Crippen LogP contribution is 2.24. The van der Waals surface area contributed by atoms with Gasteiger partial charge in [0.05, 0.1) is 12.0 Å². The van der Waals surface area contributed by atoms with Crippen molar-refractivity contribution >= 4 is 21.9 Å². The predicted octanol–water partition coefficient (Wildman–Crippen LogP) is 1.40. The third-order valence-electron chi connectivity index (χ3n) is 4.63. The minimum absolute atomic E-state index is 0.0926. The fourth-order valence-corrected chi connectivity index (χ4v) is 4.49. The first-order valence-electron chi connectivity index (χ1n) is 8.70. The van der Waals surface area contributed by atoms with Crippen molar-refractivity contribution in [2.75, 3.05) is 20.2 Å². The van der Waals surface area contributed by atoms with Gasteiger partial charge in [-0.3, -0.25) is 4.79 Å². The second kappa shape index (κ2) is 8.64. The van der Waals surface area contributed by atoms with Crippen molar-refractivity contribution in [3.05, 3.63) is 30.3 Å². The van der Waals surface area contributed by atoms with Crippen molar-refractivity contribution in [2.24, 2.45) is 11.8 Å². The van der Waals surface area contributed by atoms with Crippen LogP contribution in [0.15, 0.2) is 35.2 Å². The molecule has 1 aromatic carbocycles. The molecule has 1 aromatic rings. The van der Waals surface area contributed by atoms with Crippen LogP contribution in [0.1, 0.15) is 26.7 Å². The summed E-state index contributed by atoms with van der Waals surface area (Å²) < 4.78 is 31.4. The Morgan fingerprint density at radius 3 is 2.23 bits per heavy atom. The third-order valence-corrected chi connectivity index (χ3v) is 6.54. The molecule has 2 rings (SSSR count). The fourth-order valence-electron chi connectivity index (χ4n) is 3.00. The van der Waals surface area contributed by atoms with E-state index >= 15 is 0 Å². The summed E-state index contributed by atoms with van der Waals surface area (Å²) in [6, 6.07) is 7.58. The number of sulfonamides is 1. The Balaban J connectivity index is 1.97. The summed E-state index contributed by atoms with van der Waals surface area (Å²) in [7, 11) is -2.25. The number of rotatable bonds is 6. The van der Waals surface area contributed by atoms with Crippen molar-refractivity contribution in [1.29, 1.82) is 0 Å². The van der Waals surface area contributed by atoms with Gasteiger partial charge in [0, 0.05) is 19.0 Å². The molecule has 0 radical (unpaired) electrons. The summed E-state index contributed by atoms with van der Waals surface area (Å²) in [5.74, 6) is -1.11. The van der Waals surface area contributed by atoms with E-state index in [2.05, 4.69) is 5.32 Å². The van der Waals surface area contributed by atoms with Gasteiger partial charge in [-0.05, 0) is 30.9 Å². The lowest BCUT2D eigenvalue weighted by atomic mass is 9.95. The Labute approximate surface area is 154 Å². The summed E-state index contributed by atoms with van der Waals surface area (Å²) in [5, 5.41) is 2.74. The number of esters is 1. The van der Waals surface area contributed by atoms with E-state index in [-0.39, 0.29) is 35.7 Å². The Morgan fingerprint density at radius 1 is 1.15 bits per heavy atom. The van der Waals surface area contributed by atoms with E-state index in [1.807, 2.05) is 13.8 Å². The van der Waals surface area contributed by atoms with Crippen LogP contribution in [-0.4, -0.2) is 50.8 Å². The number of carbonyl (C=O) groups is 2. The first kappa shape index (κ1) is 20.4. The van der Waals surface area contributed by atoms with Gasteiger partial charge in [0.1, 0.15) is 6.04 Å². The summed E-state index contributed by atoms with van der Waals surface area (Å²) in [6.45, 7) is 4.22. The van der Waals surface area contributed by atoms with Crippen LogP contribution in [0.5, 0.6) is 0 Å². The Kier molecular flexibility index (Phi) is 6.77. The van der Waals surface area contributed by atoms with Crippen LogP contribution in [0.3, 0.4) is 0 Å². The molecular weight excluding hydrogens is 356 g/mol. The SMILES string of the molecule is COC(=O)C(NC(=O)C1CCN(S(=O)(=O)c2ccccc2)CC1)C(C)C. The van der Waals surface area contributed by atoms with Crippen molar-refractivity contribution in [3.8, 4) is 0 Å². The lowest BCUT2D eigenvalue weighted by molar-refractivity contribution is -0.147. The van der Waals surface area contributed by atoms with E-state index in [4.69, 9.17) is 4.74 Å².